The van der Waals surface area contributed by atoms with Crippen LogP contribution < -0.4 is 0 Å². The lowest BCUT2D eigenvalue weighted by Crippen LogP contribution is -2.33. The molecule has 5 nitrogen and oxygen atoms in total. The van der Waals surface area contributed by atoms with E-state index in [-0.39, 0.29) is 12.1 Å². The van der Waals surface area contributed by atoms with Crippen molar-refractivity contribution in [2.45, 2.75) is 20.3 Å². The van der Waals surface area contributed by atoms with Gasteiger partial charge in [-0.3, -0.25) is 0 Å². The molecule has 1 amide bonds. The van der Waals surface area contributed by atoms with Gasteiger partial charge in [0.2, 0.25) is 0 Å². The van der Waals surface area contributed by atoms with E-state index in [0.29, 0.717) is 11.5 Å². The zero-order valence-electron chi connectivity index (χ0n) is 7.74. The van der Waals surface area contributed by atoms with Crippen LogP contribution in [0.1, 0.15) is 20.3 Å². The molecule has 1 N–H and O–H groups in total. The summed E-state index contributed by atoms with van der Waals surface area (Å²) in [6.45, 7) is 6.73. The van der Waals surface area contributed by atoms with Crippen molar-refractivity contribution < 1.29 is 19.5 Å². The van der Waals surface area contributed by atoms with Gasteiger partial charge in [-0.15, -0.1) is 5.06 Å². The molecular weight excluding hydrogens is 174 g/mol. The normalized spacial score (nSPS) is 9.08. The smallest absolute Gasteiger partial charge is 0.440 e. The first-order chi connectivity index (χ1) is 5.99. The second-order valence-electron chi connectivity index (χ2n) is 2.54. The Kier molecular flexibility index (Phi) is 4.58. The summed E-state index contributed by atoms with van der Waals surface area (Å²) in [6.07, 6.45) is -0.702. The number of nitrogens with zero attached hydrogens (tertiary/aromatic N) is 1. The maximum atomic E-state index is 10.9. The van der Waals surface area contributed by atoms with Crippen molar-refractivity contribution in [2.75, 3.05) is 6.54 Å². The van der Waals surface area contributed by atoms with Gasteiger partial charge in [-0.1, -0.05) is 13.5 Å². The van der Waals surface area contributed by atoms with Gasteiger partial charge in [0.1, 0.15) is 0 Å². The Labute approximate surface area is 76.5 Å². The number of hydrogen-bond donors (Lipinski definition) is 1. The lowest BCUT2D eigenvalue weighted by molar-refractivity contribution is -0.175. The summed E-state index contributed by atoms with van der Waals surface area (Å²) in [5.41, 5.74) is 0.169. The lowest BCUT2D eigenvalue weighted by atomic mass is 10.4. The van der Waals surface area contributed by atoms with Crippen LogP contribution >= 0.6 is 0 Å². The van der Waals surface area contributed by atoms with E-state index in [9.17, 15) is 9.59 Å². The zero-order chi connectivity index (χ0) is 10.4. The summed E-state index contributed by atoms with van der Waals surface area (Å²) in [4.78, 5) is 25.9. The molecule has 0 spiro atoms. The van der Waals surface area contributed by atoms with E-state index in [1.807, 2.05) is 0 Å². The maximum Gasteiger partial charge on any atom is 0.440 e. The van der Waals surface area contributed by atoms with Crippen LogP contribution in [0.2, 0.25) is 0 Å². The number of carbonyl (C=O) groups excluding carboxylic acids is 1. The molecule has 74 valence electrons. The SMILES string of the molecule is C=C(C)C(=O)ON(CCC)C(=O)O. The standard InChI is InChI=1S/C8H13NO4/c1-4-5-9(8(11)12)13-7(10)6(2)3/h2,4-5H2,1,3H3,(H,11,12). The summed E-state index contributed by atoms with van der Waals surface area (Å²) in [7, 11) is 0. The van der Waals surface area contributed by atoms with Gasteiger partial charge >= 0.3 is 12.1 Å². The molecule has 0 aliphatic heterocycles. The third kappa shape index (κ3) is 4.15. The number of rotatable bonds is 3. The largest absolute Gasteiger partial charge is 0.463 e. The molecule has 0 rings (SSSR count). The lowest BCUT2D eigenvalue weighted by Gasteiger charge is -2.16. The van der Waals surface area contributed by atoms with E-state index in [4.69, 9.17) is 5.11 Å². The van der Waals surface area contributed by atoms with E-state index in [1.165, 1.54) is 6.92 Å². The van der Waals surface area contributed by atoms with Gasteiger partial charge in [0.25, 0.3) is 0 Å². The fourth-order valence-electron chi connectivity index (χ4n) is 0.561. The molecule has 0 radical (unpaired) electrons. The quantitative estimate of drug-likeness (QED) is 0.535. The molecule has 0 aliphatic rings. The van der Waals surface area contributed by atoms with Gasteiger partial charge in [0.05, 0.1) is 6.54 Å². The molecule has 0 fully saturated rings. The highest BCUT2D eigenvalue weighted by Crippen LogP contribution is 1.99. The van der Waals surface area contributed by atoms with E-state index in [1.54, 1.807) is 6.92 Å². The van der Waals surface area contributed by atoms with Crippen molar-refractivity contribution in [3.63, 3.8) is 0 Å². The number of hydroxylamine groups is 2. The number of amides is 1. The molecule has 0 unspecified atom stereocenters. The molecule has 0 heterocycles. The van der Waals surface area contributed by atoms with Gasteiger partial charge in [-0.25, -0.2) is 9.59 Å². The van der Waals surface area contributed by atoms with Gasteiger partial charge < -0.3 is 9.94 Å². The summed E-state index contributed by atoms with van der Waals surface area (Å²) >= 11 is 0. The molecule has 5 heteroatoms. The Morgan fingerprint density at radius 1 is 1.54 bits per heavy atom. The van der Waals surface area contributed by atoms with Crippen LogP contribution in [-0.2, 0) is 9.63 Å². The van der Waals surface area contributed by atoms with Gasteiger partial charge in [-0.05, 0) is 13.3 Å². The first kappa shape index (κ1) is 11.5. The number of carboxylic acid groups (broad SMARTS) is 1. The minimum absolute atomic E-state index is 0.161. The summed E-state index contributed by atoms with van der Waals surface area (Å²) in [5, 5.41) is 9.15. The Morgan fingerprint density at radius 2 is 2.08 bits per heavy atom. The van der Waals surface area contributed by atoms with Crippen LogP contribution in [0.3, 0.4) is 0 Å². The van der Waals surface area contributed by atoms with E-state index in [2.05, 4.69) is 11.4 Å². The highest BCUT2D eigenvalue weighted by molar-refractivity contribution is 5.87. The Bertz CT molecular complexity index is 224. The molecule has 0 aliphatic carbocycles. The van der Waals surface area contributed by atoms with Crippen LogP contribution in [0.25, 0.3) is 0 Å². The Balaban J connectivity index is 4.17. The van der Waals surface area contributed by atoms with Gasteiger partial charge in [-0.2, -0.15) is 0 Å². The second kappa shape index (κ2) is 5.18. The van der Waals surface area contributed by atoms with Gasteiger partial charge in [0, 0.05) is 5.57 Å². The third-order valence-corrected chi connectivity index (χ3v) is 1.18. The molecular formula is C8H13NO4. The fraction of sp³-hybridized carbons (Fsp3) is 0.500. The Hall–Kier alpha value is -1.52. The van der Waals surface area contributed by atoms with E-state index >= 15 is 0 Å². The van der Waals surface area contributed by atoms with Crippen LogP contribution in [0.5, 0.6) is 0 Å². The van der Waals surface area contributed by atoms with Crippen LogP contribution in [0, 0.1) is 0 Å². The molecule has 0 aromatic heterocycles. The summed E-state index contributed by atoms with van der Waals surface area (Å²) < 4.78 is 0. The highest BCUT2D eigenvalue weighted by Gasteiger charge is 2.16. The monoisotopic (exact) mass is 187 g/mol. The molecule has 0 atom stereocenters. The molecule has 0 aromatic carbocycles. The molecule has 0 aromatic rings. The molecule has 13 heavy (non-hydrogen) atoms. The van der Waals surface area contributed by atoms with Crippen molar-refractivity contribution in [2.24, 2.45) is 0 Å². The predicted octanol–water partition coefficient (Wildman–Crippen LogP) is 1.41. The topological polar surface area (TPSA) is 66.8 Å². The molecule has 0 saturated heterocycles. The molecule has 0 bridgehead atoms. The van der Waals surface area contributed by atoms with Crippen molar-refractivity contribution in [1.82, 2.24) is 5.06 Å². The highest BCUT2D eigenvalue weighted by atomic mass is 16.7. The van der Waals surface area contributed by atoms with Crippen molar-refractivity contribution in [3.05, 3.63) is 12.2 Å². The Morgan fingerprint density at radius 3 is 2.38 bits per heavy atom. The third-order valence-electron chi connectivity index (χ3n) is 1.18. The van der Waals surface area contributed by atoms with Crippen LogP contribution in [0.4, 0.5) is 4.79 Å². The summed E-state index contributed by atoms with van der Waals surface area (Å²) in [6, 6.07) is 0. The average Bonchev–Trinajstić information content (AvgIpc) is 2.03. The van der Waals surface area contributed by atoms with E-state index in [0.717, 1.165) is 0 Å². The average molecular weight is 187 g/mol. The molecule has 0 saturated carbocycles. The van der Waals surface area contributed by atoms with Crippen molar-refractivity contribution in [3.8, 4) is 0 Å². The maximum absolute atomic E-state index is 10.9. The zero-order valence-corrected chi connectivity index (χ0v) is 7.74. The predicted molar refractivity (Wildman–Crippen MR) is 45.9 cm³/mol. The second-order valence-corrected chi connectivity index (χ2v) is 2.54. The van der Waals surface area contributed by atoms with Gasteiger partial charge in [0.15, 0.2) is 0 Å². The van der Waals surface area contributed by atoms with Crippen LogP contribution in [-0.4, -0.2) is 28.8 Å². The first-order valence-electron chi connectivity index (χ1n) is 3.87. The number of carbonyl (C=O) groups is 2. The fourth-order valence-corrected chi connectivity index (χ4v) is 0.561. The summed E-state index contributed by atoms with van der Waals surface area (Å²) in [5.74, 6) is -0.726. The van der Waals surface area contributed by atoms with Crippen molar-refractivity contribution in [1.29, 1.82) is 0 Å². The minimum atomic E-state index is -1.28. The van der Waals surface area contributed by atoms with Crippen LogP contribution in [0.15, 0.2) is 12.2 Å². The number of hydrogen-bond acceptors (Lipinski definition) is 3. The minimum Gasteiger partial charge on any atom is -0.463 e. The van der Waals surface area contributed by atoms with Crippen molar-refractivity contribution >= 4 is 12.1 Å². The van der Waals surface area contributed by atoms with E-state index < -0.39 is 12.1 Å². The first-order valence-corrected chi connectivity index (χ1v) is 3.87.